The number of hydrogen-bond acceptors (Lipinski definition) is 4. The Labute approximate surface area is 101 Å². The third-order valence-corrected chi connectivity index (χ3v) is 4.99. The van der Waals surface area contributed by atoms with Crippen molar-refractivity contribution in [3.8, 4) is 0 Å². The van der Waals surface area contributed by atoms with Gasteiger partial charge in [-0.15, -0.1) is 0 Å². The molecule has 72 valence electrons. The second-order valence-electron chi connectivity index (χ2n) is 2.35. The summed E-state index contributed by atoms with van der Waals surface area (Å²) in [6.45, 7) is 1.36. The standard InChI is InChI=1S/C3H8O6S2.2Li.2H/c1-3(2,10(4,5)6)11(7,8)9;;;;/h1-2H3,(H,4,5,6)(H,7,8,9);;;;. The molecule has 6 nitrogen and oxygen atoms in total. The molecule has 0 unspecified atom stereocenters. The minimum absolute atomic E-state index is 0. The van der Waals surface area contributed by atoms with Crippen molar-refractivity contribution in [2.75, 3.05) is 0 Å². The quantitative estimate of drug-likeness (QED) is 0.420. The van der Waals surface area contributed by atoms with E-state index >= 15 is 0 Å². The van der Waals surface area contributed by atoms with Gasteiger partial charge in [-0.05, 0) is 13.8 Å². The van der Waals surface area contributed by atoms with Crippen LogP contribution in [0.25, 0.3) is 0 Å². The van der Waals surface area contributed by atoms with Gasteiger partial charge in [0.25, 0.3) is 20.2 Å². The van der Waals surface area contributed by atoms with Crippen molar-refractivity contribution in [3.05, 3.63) is 0 Å². The van der Waals surface area contributed by atoms with Gasteiger partial charge in [-0.3, -0.25) is 9.11 Å². The van der Waals surface area contributed by atoms with Crippen LogP contribution in [0.15, 0.2) is 0 Å². The molecule has 0 amide bonds. The normalized spacial score (nSPS) is 12.6. The Bertz CT molecular complexity index is 306. The molecular formula is C3H10Li2O6S2. The summed E-state index contributed by atoms with van der Waals surface area (Å²) in [5, 5.41) is 0. The van der Waals surface area contributed by atoms with Crippen LogP contribution in [0.2, 0.25) is 0 Å². The number of rotatable bonds is 2. The van der Waals surface area contributed by atoms with Crippen LogP contribution < -0.4 is 0 Å². The van der Waals surface area contributed by atoms with E-state index < -0.39 is 24.3 Å². The fourth-order valence-electron chi connectivity index (χ4n) is 0.133. The van der Waals surface area contributed by atoms with E-state index in [1.807, 2.05) is 0 Å². The van der Waals surface area contributed by atoms with E-state index in [1.54, 1.807) is 0 Å². The molecule has 0 aliphatic rings. The molecule has 0 fully saturated rings. The average molecular weight is 220 g/mol. The van der Waals surface area contributed by atoms with Gasteiger partial charge in [-0.2, -0.15) is 16.8 Å². The van der Waals surface area contributed by atoms with Crippen LogP contribution in [0.4, 0.5) is 0 Å². The van der Waals surface area contributed by atoms with Crippen LogP contribution in [-0.4, -0.2) is 67.7 Å². The van der Waals surface area contributed by atoms with Gasteiger partial charge in [-0.1, -0.05) is 0 Å². The van der Waals surface area contributed by atoms with Crippen LogP contribution in [0.3, 0.4) is 0 Å². The van der Waals surface area contributed by atoms with Crippen molar-refractivity contribution in [1.29, 1.82) is 0 Å². The predicted octanol–water partition coefficient (Wildman–Crippen LogP) is -1.80. The summed E-state index contributed by atoms with van der Waals surface area (Å²) in [6, 6.07) is 0. The monoisotopic (exact) mass is 220 g/mol. The molecule has 2 N–H and O–H groups in total. The zero-order valence-electron chi connectivity index (χ0n) is 5.84. The summed E-state index contributed by atoms with van der Waals surface area (Å²) < 4.78 is 55.3. The molecule has 0 radical (unpaired) electrons. The summed E-state index contributed by atoms with van der Waals surface area (Å²) in [5.41, 5.74) is 0. The van der Waals surface area contributed by atoms with Gasteiger partial charge in [0, 0.05) is 0 Å². The second kappa shape index (κ2) is 5.20. The van der Waals surface area contributed by atoms with Crippen molar-refractivity contribution in [1.82, 2.24) is 0 Å². The average Bonchev–Trinajstić information content (AvgIpc) is 1.58. The van der Waals surface area contributed by atoms with E-state index in [0.29, 0.717) is 13.8 Å². The fraction of sp³-hybridized carbons (Fsp3) is 1.00. The Balaban J connectivity index is -0.000000500. The van der Waals surface area contributed by atoms with Gasteiger partial charge in [0.15, 0.2) is 0 Å². The third kappa shape index (κ3) is 4.37. The molecule has 0 heterocycles. The maximum atomic E-state index is 10.3. The Kier molecular flexibility index (Phi) is 7.82. The maximum absolute atomic E-state index is 10.3. The second-order valence-corrected chi connectivity index (χ2v) is 6.55. The first-order valence-electron chi connectivity index (χ1n) is 2.44. The Morgan fingerprint density at radius 1 is 0.846 bits per heavy atom. The molecular weight excluding hydrogens is 210 g/mol. The summed E-state index contributed by atoms with van der Waals surface area (Å²) in [4.78, 5) is 0. The summed E-state index contributed by atoms with van der Waals surface area (Å²) in [6.07, 6.45) is 0. The Morgan fingerprint density at radius 2 is 1.00 bits per heavy atom. The third-order valence-electron chi connectivity index (χ3n) is 1.24. The minimum atomic E-state index is -4.80. The van der Waals surface area contributed by atoms with Crippen molar-refractivity contribution < 1.29 is 25.9 Å². The molecule has 10 heteroatoms. The molecule has 0 atom stereocenters. The Hall–Kier alpha value is 1.01. The van der Waals surface area contributed by atoms with E-state index in [4.69, 9.17) is 9.11 Å². The van der Waals surface area contributed by atoms with E-state index in [0.717, 1.165) is 0 Å². The topological polar surface area (TPSA) is 109 Å². The van der Waals surface area contributed by atoms with E-state index in [2.05, 4.69) is 0 Å². The van der Waals surface area contributed by atoms with Gasteiger partial charge in [0.05, 0.1) is 0 Å². The van der Waals surface area contributed by atoms with Gasteiger partial charge >= 0.3 is 37.7 Å². The zero-order valence-corrected chi connectivity index (χ0v) is 7.48. The van der Waals surface area contributed by atoms with Gasteiger partial charge in [-0.25, -0.2) is 0 Å². The van der Waals surface area contributed by atoms with Crippen LogP contribution >= 0.6 is 0 Å². The van der Waals surface area contributed by atoms with E-state index in [-0.39, 0.29) is 37.7 Å². The Morgan fingerprint density at radius 3 is 1.00 bits per heavy atom. The summed E-state index contributed by atoms with van der Waals surface area (Å²) >= 11 is 0. The summed E-state index contributed by atoms with van der Waals surface area (Å²) in [7, 11) is -9.60. The first-order chi connectivity index (χ1) is 4.50. The van der Waals surface area contributed by atoms with Crippen molar-refractivity contribution >= 4 is 58.0 Å². The van der Waals surface area contributed by atoms with Crippen molar-refractivity contribution in [2.45, 2.75) is 17.9 Å². The SMILES string of the molecule is CC(C)(S(=O)(=O)O)S(=O)(=O)O.[LiH].[LiH]. The molecule has 0 aliphatic carbocycles. The zero-order chi connectivity index (χ0) is 9.50. The van der Waals surface area contributed by atoms with Crippen LogP contribution in [-0.2, 0) is 20.2 Å². The van der Waals surface area contributed by atoms with Gasteiger partial charge < -0.3 is 0 Å². The van der Waals surface area contributed by atoms with E-state index in [1.165, 1.54) is 0 Å². The van der Waals surface area contributed by atoms with Crippen molar-refractivity contribution in [3.63, 3.8) is 0 Å². The molecule has 0 saturated carbocycles. The molecule has 0 spiro atoms. The molecule has 0 aromatic carbocycles. The van der Waals surface area contributed by atoms with Crippen molar-refractivity contribution in [2.24, 2.45) is 0 Å². The van der Waals surface area contributed by atoms with Crippen LogP contribution in [0, 0.1) is 0 Å². The summed E-state index contributed by atoms with van der Waals surface area (Å²) in [5.74, 6) is 0. The van der Waals surface area contributed by atoms with Crippen LogP contribution in [0.1, 0.15) is 13.8 Å². The van der Waals surface area contributed by atoms with Gasteiger partial charge in [0.2, 0.25) is 4.08 Å². The first kappa shape index (κ1) is 19.6. The first-order valence-corrected chi connectivity index (χ1v) is 5.32. The van der Waals surface area contributed by atoms with Crippen LogP contribution in [0.5, 0.6) is 0 Å². The number of hydrogen-bond donors (Lipinski definition) is 2. The molecule has 0 bridgehead atoms. The molecule has 0 saturated heterocycles. The van der Waals surface area contributed by atoms with Gasteiger partial charge in [0.1, 0.15) is 0 Å². The predicted molar refractivity (Wildman–Crippen MR) is 51.5 cm³/mol. The molecule has 0 aromatic rings. The fourth-order valence-corrected chi connectivity index (χ4v) is 1.20. The molecule has 0 aliphatic heterocycles. The molecule has 0 rings (SSSR count). The molecule has 13 heavy (non-hydrogen) atoms. The van der Waals surface area contributed by atoms with E-state index in [9.17, 15) is 16.8 Å². The molecule has 0 aromatic heterocycles.